The number of likely N-dealkylation sites (tertiary alicyclic amines) is 1. The van der Waals surface area contributed by atoms with Gasteiger partial charge in [-0.2, -0.15) is 0 Å². The quantitative estimate of drug-likeness (QED) is 0.944. The number of hydrogen-bond acceptors (Lipinski definition) is 3. The van der Waals surface area contributed by atoms with Crippen molar-refractivity contribution in [2.75, 3.05) is 19.7 Å². The highest BCUT2D eigenvalue weighted by Gasteiger charge is 2.21. The minimum Gasteiger partial charge on any atom is -0.396 e. The van der Waals surface area contributed by atoms with E-state index >= 15 is 0 Å². The zero-order valence-corrected chi connectivity index (χ0v) is 13.5. The van der Waals surface area contributed by atoms with Crippen LogP contribution >= 0.6 is 0 Å². The molecule has 2 aromatic rings. The number of aliphatic hydroxyl groups excluding tert-OH is 1. The van der Waals surface area contributed by atoms with E-state index in [1.54, 1.807) is 6.20 Å². The molecule has 0 amide bonds. The first-order chi connectivity index (χ1) is 10.7. The first kappa shape index (κ1) is 15.3. The molecule has 0 aliphatic carbocycles. The Morgan fingerprint density at radius 2 is 2.23 bits per heavy atom. The molecular weight excluding hydrogens is 274 g/mol. The number of aryl methyl sites for hydroxylation is 1. The standard InChI is InChI=1S/C18H25N3O/c1-14-9-17(12-20-8-4-5-16(11-20)13-22)15(2)21(14)18-6-3-7-19-10-18/h3,6-7,9-10,16,22H,4-5,8,11-13H2,1-2H3/t16-/m0/s1. The van der Waals surface area contributed by atoms with Gasteiger partial charge in [-0.25, -0.2) is 0 Å². The lowest BCUT2D eigenvalue weighted by Crippen LogP contribution is -2.36. The van der Waals surface area contributed by atoms with Crippen molar-refractivity contribution in [1.82, 2.24) is 14.5 Å². The maximum absolute atomic E-state index is 9.39. The lowest BCUT2D eigenvalue weighted by molar-refractivity contribution is 0.116. The fraction of sp³-hybridized carbons (Fsp3) is 0.500. The average Bonchev–Trinajstić information content (AvgIpc) is 2.82. The maximum atomic E-state index is 9.39. The molecule has 22 heavy (non-hydrogen) atoms. The summed E-state index contributed by atoms with van der Waals surface area (Å²) < 4.78 is 2.27. The van der Waals surface area contributed by atoms with E-state index in [4.69, 9.17) is 0 Å². The van der Waals surface area contributed by atoms with Crippen LogP contribution in [0.4, 0.5) is 0 Å². The molecule has 3 rings (SSSR count). The van der Waals surface area contributed by atoms with Crippen LogP contribution in [0.1, 0.15) is 29.8 Å². The van der Waals surface area contributed by atoms with Gasteiger partial charge in [-0.3, -0.25) is 9.88 Å². The molecule has 0 saturated carbocycles. The van der Waals surface area contributed by atoms with Crippen molar-refractivity contribution < 1.29 is 5.11 Å². The van der Waals surface area contributed by atoms with Crippen molar-refractivity contribution in [3.63, 3.8) is 0 Å². The molecule has 0 spiro atoms. The van der Waals surface area contributed by atoms with Gasteiger partial charge in [0.2, 0.25) is 0 Å². The van der Waals surface area contributed by atoms with Gasteiger partial charge in [0.25, 0.3) is 0 Å². The number of nitrogens with zero attached hydrogens (tertiary/aromatic N) is 3. The van der Waals surface area contributed by atoms with E-state index in [1.807, 2.05) is 12.3 Å². The van der Waals surface area contributed by atoms with Gasteiger partial charge >= 0.3 is 0 Å². The van der Waals surface area contributed by atoms with E-state index < -0.39 is 0 Å². The van der Waals surface area contributed by atoms with Gasteiger partial charge in [-0.1, -0.05) is 0 Å². The molecule has 1 saturated heterocycles. The Labute approximate surface area is 132 Å². The van der Waals surface area contributed by atoms with E-state index in [0.29, 0.717) is 12.5 Å². The fourth-order valence-electron chi connectivity index (χ4n) is 3.56. The van der Waals surface area contributed by atoms with Crippen molar-refractivity contribution in [3.8, 4) is 5.69 Å². The van der Waals surface area contributed by atoms with Crippen LogP contribution in [-0.4, -0.2) is 39.3 Å². The monoisotopic (exact) mass is 299 g/mol. The summed E-state index contributed by atoms with van der Waals surface area (Å²) in [7, 11) is 0. The van der Waals surface area contributed by atoms with Crippen molar-refractivity contribution in [3.05, 3.63) is 47.5 Å². The summed E-state index contributed by atoms with van der Waals surface area (Å²) in [6.45, 7) is 7.75. The Kier molecular flexibility index (Phi) is 4.60. The third-order valence-electron chi connectivity index (χ3n) is 4.70. The second-order valence-corrected chi connectivity index (χ2v) is 6.37. The van der Waals surface area contributed by atoms with Crippen molar-refractivity contribution in [1.29, 1.82) is 0 Å². The molecule has 118 valence electrons. The Hall–Kier alpha value is -1.65. The van der Waals surface area contributed by atoms with Crippen LogP contribution in [0, 0.1) is 19.8 Å². The third kappa shape index (κ3) is 3.08. The minimum absolute atomic E-state index is 0.311. The average molecular weight is 299 g/mol. The Bertz CT molecular complexity index is 621. The summed E-state index contributed by atoms with van der Waals surface area (Å²) in [6, 6.07) is 6.36. The van der Waals surface area contributed by atoms with E-state index in [-0.39, 0.29) is 0 Å². The maximum Gasteiger partial charge on any atom is 0.0638 e. The second-order valence-electron chi connectivity index (χ2n) is 6.37. The predicted molar refractivity (Wildman–Crippen MR) is 88.1 cm³/mol. The topological polar surface area (TPSA) is 41.3 Å². The number of aromatic nitrogens is 2. The SMILES string of the molecule is Cc1cc(CN2CCC[C@H](CO)C2)c(C)n1-c1cccnc1. The lowest BCUT2D eigenvalue weighted by Gasteiger charge is -2.31. The Balaban J connectivity index is 1.81. The number of aliphatic hydroxyl groups is 1. The molecule has 1 atom stereocenters. The lowest BCUT2D eigenvalue weighted by atomic mass is 9.98. The highest BCUT2D eigenvalue weighted by molar-refractivity contribution is 5.39. The molecule has 4 nitrogen and oxygen atoms in total. The summed E-state index contributed by atoms with van der Waals surface area (Å²) in [4.78, 5) is 6.70. The largest absolute Gasteiger partial charge is 0.396 e. The number of piperidine rings is 1. The highest BCUT2D eigenvalue weighted by Crippen LogP contribution is 2.24. The van der Waals surface area contributed by atoms with E-state index in [9.17, 15) is 5.11 Å². The molecule has 1 aliphatic heterocycles. The predicted octanol–water partition coefficient (Wildman–Crippen LogP) is 2.69. The van der Waals surface area contributed by atoms with Crippen LogP contribution in [0.2, 0.25) is 0 Å². The zero-order chi connectivity index (χ0) is 15.5. The second kappa shape index (κ2) is 6.63. The normalized spacial score (nSPS) is 19.5. The van der Waals surface area contributed by atoms with Gasteiger partial charge < -0.3 is 9.67 Å². The van der Waals surface area contributed by atoms with Gasteiger partial charge in [0.1, 0.15) is 0 Å². The fourth-order valence-corrected chi connectivity index (χ4v) is 3.56. The van der Waals surface area contributed by atoms with Gasteiger partial charge in [0.05, 0.1) is 11.9 Å². The van der Waals surface area contributed by atoms with Crippen molar-refractivity contribution in [2.45, 2.75) is 33.2 Å². The van der Waals surface area contributed by atoms with E-state index in [0.717, 1.165) is 31.7 Å². The summed E-state index contributed by atoms with van der Waals surface area (Å²) in [5.41, 5.74) is 5.03. The van der Waals surface area contributed by atoms with Crippen LogP contribution in [0.3, 0.4) is 0 Å². The summed E-state index contributed by atoms with van der Waals surface area (Å²) in [5, 5.41) is 9.39. The molecule has 0 radical (unpaired) electrons. The smallest absolute Gasteiger partial charge is 0.0638 e. The summed E-state index contributed by atoms with van der Waals surface area (Å²) >= 11 is 0. The summed E-state index contributed by atoms with van der Waals surface area (Å²) in [6.07, 6.45) is 6.06. The van der Waals surface area contributed by atoms with Gasteiger partial charge in [0, 0.05) is 37.3 Å². The molecule has 3 heterocycles. The van der Waals surface area contributed by atoms with Crippen LogP contribution < -0.4 is 0 Å². The molecule has 2 aromatic heterocycles. The molecule has 4 heteroatoms. The summed E-state index contributed by atoms with van der Waals surface area (Å²) in [5.74, 6) is 0.440. The molecule has 0 aromatic carbocycles. The Morgan fingerprint density at radius 3 is 2.95 bits per heavy atom. The first-order valence-corrected chi connectivity index (χ1v) is 8.10. The molecule has 0 unspecified atom stereocenters. The zero-order valence-electron chi connectivity index (χ0n) is 13.5. The van der Waals surface area contributed by atoms with Crippen LogP contribution in [0.5, 0.6) is 0 Å². The van der Waals surface area contributed by atoms with Crippen LogP contribution in [0.25, 0.3) is 5.69 Å². The number of hydrogen-bond donors (Lipinski definition) is 1. The molecule has 1 N–H and O–H groups in total. The van der Waals surface area contributed by atoms with Gasteiger partial charge in [0.15, 0.2) is 0 Å². The minimum atomic E-state index is 0.311. The molecule has 1 aliphatic rings. The first-order valence-electron chi connectivity index (χ1n) is 8.10. The van der Waals surface area contributed by atoms with Crippen molar-refractivity contribution in [2.24, 2.45) is 5.92 Å². The van der Waals surface area contributed by atoms with Gasteiger partial charge in [-0.15, -0.1) is 0 Å². The highest BCUT2D eigenvalue weighted by atomic mass is 16.3. The van der Waals surface area contributed by atoms with E-state index in [2.05, 4.69) is 40.4 Å². The number of rotatable bonds is 4. The Morgan fingerprint density at radius 1 is 1.36 bits per heavy atom. The third-order valence-corrected chi connectivity index (χ3v) is 4.70. The van der Waals surface area contributed by atoms with Crippen molar-refractivity contribution >= 4 is 0 Å². The van der Waals surface area contributed by atoms with E-state index in [1.165, 1.54) is 23.4 Å². The molecule has 1 fully saturated rings. The van der Waals surface area contributed by atoms with Crippen LogP contribution in [-0.2, 0) is 6.54 Å². The molecular formula is C18H25N3O. The number of pyridine rings is 1. The van der Waals surface area contributed by atoms with Crippen LogP contribution in [0.15, 0.2) is 30.6 Å². The molecule has 0 bridgehead atoms. The van der Waals surface area contributed by atoms with Gasteiger partial charge in [-0.05, 0) is 62.9 Å².